The Hall–Kier alpha value is -1.66. The van der Waals surface area contributed by atoms with E-state index < -0.39 is 0 Å². The summed E-state index contributed by atoms with van der Waals surface area (Å²) < 4.78 is 24.4. The van der Waals surface area contributed by atoms with E-state index in [0.717, 1.165) is 45.4 Å². The van der Waals surface area contributed by atoms with E-state index in [1.807, 2.05) is 4.90 Å². The average molecular weight is 364 g/mol. The molecule has 0 unspecified atom stereocenters. The zero-order valence-corrected chi connectivity index (χ0v) is 15.8. The van der Waals surface area contributed by atoms with Gasteiger partial charge in [-0.1, -0.05) is 0 Å². The summed E-state index contributed by atoms with van der Waals surface area (Å²) in [5.74, 6) is 0.678. The molecule has 3 rings (SSSR count). The number of ether oxygens (including phenoxy) is 2. The minimum absolute atomic E-state index is 0.149. The highest BCUT2D eigenvalue weighted by molar-refractivity contribution is 5.76. The minimum Gasteiger partial charge on any atom is -0.497 e. The highest BCUT2D eigenvalue weighted by Gasteiger charge is 2.42. The van der Waals surface area contributed by atoms with Crippen LogP contribution >= 0.6 is 0 Å². The Balaban J connectivity index is 1.62. The lowest BCUT2D eigenvalue weighted by Gasteiger charge is -2.40. The van der Waals surface area contributed by atoms with E-state index in [4.69, 9.17) is 9.47 Å². The number of amides is 1. The Morgan fingerprint density at radius 1 is 1.23 bits per heavy atom. The van der Waals surface area contributed by atoms with Crippen molar-refractivity contribution in [3.8, 4) is 5.75 Å². The van der Waals surface area contributed by atoms with E-state index >= 15 is 0 Å². The second-order valence-corrected chi connectivity index (χ2v) is 7.58. The summed E-state index contributed by atoms with van der Waals surface area (Å²) in [5.41, 5.74) is 0.823. The Bertz CT molecular complexity index is 639. The number of hydrogen-bond acceptors (Lipinski definition) is 4. The fourth-order valence-corrected chi connectivity index (χ4v) is 4.31. The van der Waals surface area contributed by atoms with Gasteiger partial charge in [-0.05, 0) is 44.0 Å². The predicted molar refractivity (Wildman–Crippen MR) is 97.6 cm³/mol. The van der Waals surface area contributed by atoms with Crippen LogP contribution in [0.2, 0.25) is 0 Å². The Labute approximate surface area is 155 Å². The van der Waals surface area contributed by atoms with E-state index in [-0.39, 0.29) is 17.1 Å². The fraction of sp³-hybridized carbons (Fsp3) is 0.650. The molecule has 2 saturated heterocycles. The lowest BCUT2D eigenvalue weighted by molar-refractivity contribution is -0.131. The Morgan fingerprint density at radius 3 is 2.85 bits per heavy atom. The van der Waals surface area contributed by atoms with E-state index in [0.29, 0.717) is 30.9 Å². The monoisotopic (exact) mass is 364 g/mol. The number of nitrogens with zero attached hydrogens (tertiary/aromatic N) is 2. The quantitative estimate of drug-likeness (QED) is 0.778. The third kappa shape index (κ3) is 4.35. The number of carbonyl (C=O) groups excluding carboxylic acids is 1. The molecule has 1 aromatic carbocycles. The zero-order chi connectivity index (χ0) is 18.6. The maximum absolute atomic E-state index is 14.2. The first-order chi connectivity index (χ1) is 12.5. The molecule has 0 bridgehead atoms. The van der Waals surface area contributed by atoms with Crippen LogP contribution in [0.3, 0.4) is 0 Å². The molecule has 1 amide bonds. The highest BCUT2D eigenvalue weighted by Crippen LogP contribution is 2.39. The number of benzene rings is 1. The molecule has 0 aliphatic carbocycles. The van der Waals surface area contributed by atoms with Gasteiger partial charge in [0.15, 0.2) is 0 Å². The SMILES string of the molecule is COCCC(=O)N1CC[C@@]2(CCCN(Cc3cc(OC)ccc3F)C2)C1. The summed E-state index contributed by atoms with van der Waals surface area (Å²) in [6.45, 7) is 4.58. The second-order valence-electron chi connectivity index (χ2n) is 7.58. The number of rotatable bonds is 6. The summed E-state index contributed by atoms with van der Waals surface area (Å²) in [7, 11) is 3.22. The van der Waals surface area contributed by atoms with Crippen LogP contribution in [0.25, 0.3) is 0 Å². The fourth-order valence-electron chi connectivity index (χ4n) is 4.31. The van der Waals surface area contributed by atoms with Gasteiger partial charge in [-0.3, -0.25) is 9.69 Å². The first-order valence-electron chi connectivity index (χ1n) is 9.37. The van der Waals surface area contributed by atoms with Gasteiger partial charge in [0.05, 0.1) is 20.1 Å². The van der Waals surface area contributed by atoms with Crippen molar-refractivity contribution < 1.29 is 18.7 Å². The topological polar surface area (TPSA) is 42.0 Å². The van der Waals surface area contributed by atoms with Crippen LogP contribution < -0.4 is 4.74 Å². The van der Waals surface area contributed by atoms with Crippen molar-refractivity contribution in [1.29, 1.82) is 0 Å². The van der Waals surface area contributed by atoms with Crippen LogP contribution in [0.5, 0.6) is 5.75 Å². The number of carbonyl (C=O) groups is 1. The van der Waals surface area contributed by atoms with Crippen molar-refractivity contribution >= 4 is 5.91 Å². The van der Waals surface area contributed by atoms with Gasteiger partial charge in [0.2, 0.25) is 5.91 Å². The largest absolute Gasteiger partial charge is 0.497 e. The first kappa shape index (κ1) is 19.1. The lowest BCUT2D eigenvalue weighted by Crippen LogP contribution is -2.45. The average Bonchev–Trinajstić information content (AvgIpc) is 3.05. The van der Waals surface area contributed by atoms with Crippen LogP contribution in [0.4, 0.5) is 4.39 Å². The Morgan fingerprint density at radius 2 is 2.08 bits per heavy atom. The van der Waals surface area contributed by atoms with Gasteiger partial charge < -0.3 is 14.4 Å². The molecule has 1 spiro atoms. The van der Waals surface area contributed by atoms with Crippen LogP contribution in [-0.2, 0) is 16.1 Å². The van der Waals surface area contributed by atoms with Crippen molar-refractivity contribution in [2.24, 2.45) is 5.41 Å². The van der Waals surface area contributed by atoms with Gasteiger partial charge >= 0.3 is 0 Å². The molecular formula is C20H29FN2O3. The third-order valence-corrected chi connectivity index (χ3v) is 5.70. The zero-order valence-electron chi connectivity index (χ0n) is 15.8. The molecule has 1 aromatic rings. The van der Waals surface area contributed by atoms with Crippen molar-refractivity contribution in [3.05, 3.63) is 29.6 Å². The number of hydrogen-bond donors (Lipinski definition) is 0. The first-order valence-corrected chi connectivity index (χ1v) is 9.37. The van der Waals surface area contributed by atoms with Gasteiger partial charge in [0.1, 0.15) is 11.6 Å². The summed E-state index contributed by atoms with van der Waals surface area (Å²) in [5, 5.41) is 0. The maximum atomic E-state index is 14.2. The summed E-state index contributed by atoms with van der Waals surface area (Å²) in [6, 6.07) is 4.91. The van der Waals surface area contributed by atoms with Crippen LogP contribution in [0, 0.1) is 11.2 Å². The lowest BCUT2D eigenvalue weighted by atomic mass is 9.79. The van der Waals surface area contributed by atoms with E-state index in [1.165, 1.54) is 6.07 Å². The van der Waals surface area contributed by atoms with Crippen molar-refractivity contribution in [3.63, 3.8) is 0 Å². The third-order valence-electron chi connectivity index (χ3n) is 5.70. The van der Waals surface area contributed by atoms with Gasteiger partial charge in [0, 0.05) is 44.3 Å². The van der Waals surface area contributed by atoms with Crippen LogP contribution in [0.15, 0.2) is 18.2 Å². The molecule has 2 aliphatic rings. The maximum Gasteiger partial charge on any atom is 0.224 e. The molecule has 144 valence electrons. The molecule has 1 atom stereocenters. The summed E-state index contributed by atoms with van der Waals surface area (Å²) in [4.78, 5) is 16.6. The van der Waals surface area contributed by atoms with Crippen LogP contribution in [0.1, 0.15) is 31.2 Å². The number of halogens is 1. The van der Waals surface area contributed by atoms with Gasteiger partial charge in [0.25, 0.3) is 0 Å². The van der Waals surface area contributed by atoms with Gasteiger partial charge in [-0.25, -0.2) is 4.39 Å². The number of piperidine rings is 1. The molecule has 26 heavy (non-hydrogen) atoms. The second kappa shape index (κ2) is 8.35. The molecule has 0 saturated carbocycles. The summed E-state index contributed by atoms with van der Waals surface area (Å²) in [6.07, 6.45) is 3.71. The molecule has 0 aromatic heterocycles. The molecule has 6 heteroatoms. The standard InChI is InChI=1S/C20H29FN2O3/c1-25-11-6-19(24)23-10-8-20(15-23)7-3-9-22(14-20)13-16-12-17(26-2)4-5-18(16)21/h4-5,12H,3,6-11,13-15H2,1-2H3/t20-/m1/s1. The molecule has 2 heterocycles. The molecule has 2 aliphatic heterocycles. The molecular weight excluding hydrogens is 335 g/mol. The smallest absolute Gasteiger partial charge is 0.224 e. The predicted octanol–water partition coefficient (Wildman–Crippen LogP) is 2.69. The van der Waals surface area contributed by atoms with Gasteiger partial charge in [-0.2, -0.15) is 0 Å². The van der Waals surface area contributed by atoms with E-state index in [9.17, 15) is 9.18 Å². The normalized spacial score (nSPS) is 23.6. The highest BCUT2D eigenvalue weighted by atomic mass is 19.1. The number of likely N-dealkylation sites (tertiary alicyclic amines) is 2. The number of methoxy groups -OCH3 is 2. The molecule has 0 N–H and O–H groups in total. The van der Waals surface area contributed by atoms with Crippen molar-refractivity contribution in [2.75, 3.05) is 47.0 Å². The van der Waals surface area contributed by atoms with Crippen molar-refractivity contribution in [2.45, 2.75) is 32.2 Å². The van der Waals surface area contributed by atoms with Gasteiger partial charge in [-0.15, -0.1) is 0 Å². The molecule has 5 nitrogen and oxygen atoms in total. The van der Waals surface area contributed by atoms with Crippen LogP contribution in [-0.4, -0.2) is 62.7 Å². The van der Waals surface area contributed by atoms with Crippen molar-refractivity contribution in [1.82, 2.24) is 9.80 Å². The Kier molecular flexibility index (Phi) is 6.14. The minimum atomic E-state index is -0.187. The molecule has 0 radical (unpaired) electrons. The van der Waals surface area contributed by atoms with E-state index in [2.05, 4.69) is 4.90 Å². The van der Waals surface area contributed by atoms with E-state index in [1.54, 1.807) is 26.4 Å². The molecule has 2 fully saturated rings. The summed E-state index contributed by atoms with van der Waals surface area (Å²) >= 11 is 0.